The molecule has 0 radical (unpaired) electrons. The van der Waals surface area contributed by atoms with Gasteiger partial charge < -0.3 is 9.47 Å². The van der Waals surface area contributed by atoms with E-state index >= 15 is 0 Å². The molecule has 2 fully saturated rings. The van der Waals surface area contributed by atoms with Crippen molar-refractivity contribution in [3.05, 3.63) is 65.7 Å². The van der Waals surface area contributed by atoms with Gasteiger partial charge in [-0.2, -0.15) is 5.26 Å². The Morgan fingerprint density at radius 3 is 2.67 bits per heavy atom. The van der Waals surface area contributed by atoms with Gasteiger partial charge >= 0.3 is 12.1 Å². The molecule has 4 rings (SSSR count). The average molecular weight is 405 g/mol. The van der Waals surface area contributed by atoms with E-state index in [0.29, 0.717) is 24.3 Å². The zero-order valence-corrected chi connectivity index (χ0v) is 16.6. The van der Waals surface area contributed by atoms with Crippen molar-refractivity contribution in [3.8, 4) is 6.07 Å². The molecule has 0 aliphatic carbocycles. The van der Waals surface area contributed by atoms with Crippen LogP contribution in [-0.2, 0) is 20.9 Å². The van der Waals surface area contributed by atoms with E-state index in [4.69, 9.17) is 14.7 Å². The van der Waals surface area contributed by atoms with E-state index in [9.17, 15) is 9.59 Å². The minimum atomic E-state index is -0.410. The largest absolute Gasteiger partial charge is 0.460 e. The van der Waals surface area contributed by atoms with Crippen molar-refractivity contribution < 1.29 is 19.1 Å². The van der Waals surface area contributed by atoms with Crippen molar-refractivity contribution in [2.75, 3.05) is 24.5 Å². The monoisotopic (exact) mass is 405 g/mol. The lowest BCUT2D eigenvalue weighted by molar-refractivity contribution is -0.150. The van der Waals surface area contributed by atoms with E-state index in [-0.39, 0.29) is 24.7 Å². The number of hydrogen-bond acceptors (Lipinski definition) is 6. The molecule has 2 saturated heterocycles. The third kappa shape index (κ3) is 4.44. The first kappa shape index (κ1) is 19.9. The van der Waals surface area contributed by atoms with Gasteiger partial charge in [0, 0.05) is 12.2 Å². The van der Waals surface area contributed by atoms with Gasteiger partial charge in [-0.3, -0.25) is 14.6 Å². The van der Waals surface area contributed by atoms with Gasteiger partial charge in [0.1, 0.15) is 18.8 Å². The molecule has 2 aliphatic heterocycles. The number of carbonyl (C=O) groups excluding carboxylic acids is 2. The fourth-order valence-electron chi connectivity index (χ4n) is 3.94. The third-order valence-electron chi connectivity index (χ3n) is 5.48. The molecule has 30 heavy (non-hydrogen) atoms. The summed E-state index contributed by atoms with van der Waals surface area (Å²) in [4.78, 5) is 28.5. The topological polar surface area (TPSA) is 82.9 Å². The summed E-state index contributed by atoms with van der Waals surface area (Å²) in [5, 5.41) is 8.92. The fourth-order valence-corrected chi connectivity index (χ4v) is 3.94. The highest BCUT2D eigenvalue weighted by Crippen LogP contribution is 2.25. The number of esters is 1. The van der Waals surface area contributed by atoms with Crippen LogP contribution in [0.4, 0.5) is 10.5 Å². The lowest BCUT2D eigenvalue weighted by atomic mass is 10.2. The zero-order valence-electron chi connectivity index (χ0n) is 16.6. The number of ether oxygens (including phenoxy) is 2. The van der Waals surface area contributed by atoms with Gasteiger partial charge in [-0.1, -0.05) is 30.3 Å². The maximum atomic E-state index is 12.6. The first-order valence-corrected chi connectivity index (χ1v) is 10.1. The summed E-state index contributed by atoms with van der Waals surface area (Å²) in [5.74, 6) is -0.232. The predicted molar refractivity (Wildman–Crippen MR) is 110 cm³/mol. The van der Waals surface area contributed by atoms with Crippen LogP contribution in [0.5, 0.6) is 0 Å². The van der Waals surface area contributed by atoms with Crippen LogP contribution in [0.2, 0.25) is 0 Å². The van der Waals surface area contributed by atoms with Crippen LogP contribution >= 0.6 is 0 Å². The number of nitriles is 1. The van der Waals surface area contributed by atoms with Gasteiger partial charge in [0.2, 0.25) is 0 Å². The molecule has 0 aromatic heterocycles. The number of anilines is 1. The number of nitrogens with zero attached hydrogens (tertiary/aromatic N) is 3. The molecule has 154 valence electrons. The SMILES string of the molecule is N#Cc1ccc(N2CC(CN3CCCC3C(=O)OCc3ccccc3)OC2=O)cc1. The van der Waals surface area contributed by atoms with Crippen molar-refractivity contribution in [3.63, 3.8) is 0 Å². The molecule has 2 aliphatic rings. The van der Waals surface area contributed by atoms with E-state index < -0.39 is 6.09 Å². The van der Waals surface area contributed by atoms with Gasteiger partial charge in [0.05, 0.1) is 18.2 Å². The number of benzene rings is 2. The van der Waals surface area contributed by atoms with Crippen molar-refractivity contribution in [2.45, 2.75) is 31.6 Å². The summed E-state index contributed by atoms with van der Waals surface area (Å²) < 4.78 is 11.0. The standard InChI is InChI=1S/C23H23N3O4/c24-13-17-8-10-19(11-9-17)26-15-20(30-23(26)28)14-25-12-4-7-21(25)22(27)29-16-18-5-2-1-3-6-18/h1-3,5-6,8-11,20-21H,4,7,12,14-16H2. The molecule has 1 amide bonds. The quantitative estimate of drug-likeness (QED) is 0.687. The third-order valence-corrected chi connectivity index (χ3v) is 5.48. The average Bonchev–Trinajstić information content (AvgIpc) is 3.39. The highest BCUT2D eigenvalue weighted by atomic mass is 16.6. The first-order valence-electron chi connectivity index (χ1n) is 10.1. The van der Waals surface area contributed by atoms with E-state index in [2.05, 4.69) is 6.07 Å². The van der Waals surface area contributed by atoms with Gasteiger partial charge in [-0.25, -0.2) is 4.79 Å². The molecule has 2 aromatic rings. The van der Waals surface area contributed by atoms with Gasteiger partial charge in [-0.05, 0) is 49.2 Å². The highest BCUT2D eigenvalue weighted by molar-refractivity contribution is 5.89. The van der Waals surface area contributed by atoms with E-state index in [1.807, 2.05) is 35.2 Å². The summed E-state index contributed by atoms with van der Waals surface area (Å²) in [5.41, 5.74) is 2.19. The lowest BCUT2D eigenvalue weighted by Gasteiger charge is -2.25. The number of carbonyl (C=O) groups is 2. The summed E-state index contributed by atoms with van der Waals surface area (Å²) in [6.07, 6.45) is 0.918. The maximum Gasteiger partial charge on any atom is 0.414 e. The molecule has 0 saturated carbocycles. The minimum absolute atomic E-state index is 0.232. The summed E-state index contributed by atoms with van der Waals surface area (Å²) in [6.45, 7) is 1.93. The van der Waals surface area contributed by atoms with Crippen LogP contribution < -0.4 is 4.90 Å². The van der Waals surface area contributed by atoms with Crippen molar-refractivity contribution in [2.24, 2.45) is 0 Å². The Balaban J connectivity index is 1.33. The van der Waals surface area contributed by atoms with Gasteiger partial charge in [0.25, 0.3) is 0 Å². The molecule has 7 nitrogen and oxygen atoms in total. The molecular weight excluding hydrogens is 382 g/mol. The van der Waals surface area contributed by atoms with Crippen LogP contribution in [0, 0.1) is 11.3 Å². The molecule has 2 heterocycles. The van der Waals surface area contributed by atoms with Gasteiger partial charge in [-0.15, -0.1) is 0 Å². The molecule has 0 spiro atoms. The molecule has 2 unspecified atom stereocenters. The van der Waals surface area contributed by atoms with Crippen molar-refractivity contribution in [1.29, 1.82) is 5.26 Å². The van der Waals surface area contributed by atoms with Crippen LogP contribution in [0.15, 0.2) is 54.6 Å². The Labute approximate surface area is 175 Å². The van der Waals surface area contributed by atoms with Gasteiger partial charge in [0.15, 0.2) is 0 Å². The smallest absolute Gasteiger partial charge is 0.414 e. The molecule has 2 atom stereocenters. The number of likely N-dealkylation sites (tertiary alicyclic amines) is 1. The Morgan fingerprint density at radius 1 is 1.17 bits per heavy atom. The molecule has 2 aromatic carbocycles. The number of amides is 1. The molecule has 0 N–H and O–H groups in total. The van der Waals surface area contributed by atoms with E-state index in [1.165, 1.54) is 0 Å². The Morgan fingerprint density at radius 2 is 1.93 bits per heavy atom. The number of hydrogen-bond donors (Lipinski definition) is 0. The Hall–Kier alpha value is -3.37. The lowest BCUT2D eigenvalue weighted by Crippen LogP contribution is -2.42. The highest BCUT2D eigenvalue weighted by Gasteiger charge is 2.38. The number of cyclic esters (lactones) is 1. The van der Waals surface area contributed by atoms with Crippen molar-refractivity contribution >= 4 is 17.7 Å². The predicted octanol–water partition coefficient (Wildman–Crippen LogP) is 3.09. The zero-order chi connectivity index (χ0) is 20.9. The normalized spacial score (nSPS) is 21.3. The van der Waals surface area contributed by atoms with Crippen molar-refractivity contribution in [1.82, 2.24) is 4.90 Å². The fraction of sp³-hybridized carbons (Fsp3) is 0.348. The van der Waals surface area contributed by atoms with Crippen LogP contribution in [0.25, 0.3) is 0 Å². The number of rotatable bonds is 6. The summed E-state index contributed by atoms with van der Waals surface area (Å²) in [6, 6.07) is 18.2. The van der Waals surface area contributed by atoms with E-state index in [1.54, 1.807) is 29.2 Å². The second-order valence-corrected chi connectivity index (χ2v) is 7.52. The van der Waals surface area contributed by atoms with Crippen LogP contribution in [0.1, 0.15) is 24.0 Å². The first-order chi connectivity index (χ1) is 14.6. The molecule has 0 bridgehead atoms. The summed E-state index contributed by atoms with van der Waals surface area (Å²) in [7, 11) is 0. The molecular formula is C23H23N3O4. The summed E-state index contributed by atoms with van der Waals surface area (Å²) >= 11 is 0. The Kier molecular flexibility index (Phi) is 5.96. The van der Waals surface area contributed by atoms with E-state index in [0.717, 1.165) is 24.9 Å². The minimum Gasteiger partial charge on any atom is -0.460 e. The van der Waals surface area contributed by atoms with Crippen LogP contribution in [0.3, 0.4) is 0 Å². The second kappa shape index (κ2) is 8.97. The molecule has 7 heteroatoms. The Bertz CT molecular complexity index is 939. The van der Waals surface area contributed by atoms with Crippen LogP contribution in [-0.4, -0.2) is 48.7 Å². The second-order valence-electron chi connectivity index (χ2n) is 7.52. The maximum absolute atomic E-state index is 12.6.